The molecule has 2 aliphatic rings. The Balaban J connectivity index is 0.000000608. The average molecular weight is 849 g/mol. The van der Waals surface area contributed by atoms with Crippen molar-refractivity contribution in [1.29, 1.82) is 0 Å². The molecular formula is C46H73FN2O7S2. The van der Waals surface area contributed by atoms with E-state index in [2.05, 4.69) is 23.2 Å². The van der Waals surface area contributed by atoms with Crippen LogP contribution in [0.1, 0.15) is 145 Å². The van der Waals surface area contributed by atoms with Gasteiger partial charge in [-0.25, -0.2) is 17.6 Å². The minimum absolute atomic E-state index is 0.183. The number of carbonyl (C=O) groups excluding carboxylic acids is 1. The van der Waals surface area contributed by atoms with Crippen molar-refractivity contribution in [3.8, 4) is 11.1 Å². The zero-order valence-electron chi connectivity index (χ0n) is 36.3. The summed E-state index contributed by atoms with van der Waals surface area (Å²) in [5.74, 6) is -1.19. The molecule has 9 nitrogen and oxygen atoms in total. The molecule has 1 amide bonds. The molecule has 1 heterocycles. The van der Waals surface area contributed by atoms with Crippen molar-refractivity contribution in [3.05, 3.63) is 59.2 Å². The molecular weight excluding hydrogens is 776 g/mol. The van der Waals surface area contributed by atoms with Gasteiger partial charge in [-0.3, -0.25) is 14.5 Å². The third-order valence-electron chi connectivity index (χ3n) is 11.5. The number of amides is 1. The van der Waals surface area contributed by atoms with Gasteiger partial charge in [-0.15, -0.1) is 0 Å². The zero-order chi connectivity index (χ0) is 43.3. The number of rotatable bonds is 20. The van der Waals surface area contributed by atoms with E-state index in [1.807, 2.05) is 63.4 Å². The number of benzene rings is 2. The van der Waals surface area contributed by atoms with Crippen molar-refractivity contribution < 1.29 is 37.4 Å². The van der Waals surface area contributed by atoms with Crippen molar-refractivity contribution in [3.63, 3.8) is 0 Å². The summed E-state index contributed by atoms with van der Waals surface area (Å²) < 4.78 is 35.5. The topological polar surface area (TPSA) is 141 Å². The zero-order valence-corrected chi connectivity index (χ0v) is 37.9. The maximum absolute atomic E-state index is 13.5. The third-order valence-corrected chi connectivity index (χ3v) is 13.1. The van der Waals surface area contributed by atoms with E-state index >= 15 is 0 Å². The molecule has 0 aromatic heterocycles. The fraction of sp³-hybridized carbons (Fsp3) is 0.674. The highest BCUT2D eigenvalue weighted by Crippen LogP contribution is 2.37. The minimum Gasteiger partial charge on any atom is -0.481 e. The van der Waals surface area contributed by atoms with Crippen molar-refractivity contribution >= 4 is 39.4 Å². The molecule has 2 fully saturated rings. The number of likely N-dealkylation sites (tertiary alicyclic amines) is 1. The Morgan fingerprint density at radius 3 is 2.12 bits per heavy atom. The number of halogens is 1. The number of carboxylic acid groups (broad SMARTS) is 2. The highest BCUT2D eigenvalue weighted by Gasteiger charge is 2.34. The maximum Gasteiger partial charge on any atom is 0.326 e. The summed E-state index contributed by atoms with van der Waals surface area (Å²) in [6.45, 7) is 10.7. The Bertz CT molecular complexity index is 1650. The molecule has 0 bridgehead atoms. The van der Waals surface area contributed by atoms with E-state index in [1.54, 1.807) is 18.7 Å². The van der Waals surface area contributed by atoms with E-state index < -0.39 is 39.9 Å². The SMILES string of the molecule is CCCC(F)CC.CCCC1CCC(CC2CCCCC2)N1Cc1ccc(C(=O)NC(CCS(C)(=O)=O)C(=O)O)c(-c2ccccc2C)c1.CSCCC(C)C(=O)O. The van der Waals surface area contributed by atoms with E-state index in [9.17, 15) is 32.3 Å². The highest BCUT2D eigenvalue weighted by atomic mass is 32.2. The Morgan fingerprint density at radius 2 is 1.57 bits per heavy atom. The first-order valence-electron chi connectivity index (χ1n) is 21.6. The van der Waals surface area contributed by atoms with Crippen molar-refractivity contribution in [1.82, 2.24) is 10.2 Å². The second kappa shape index (κ2) is 27.0. The second-order valence-electron chi connectivity index (χ2n) is 16.4. The maximum atomic E-state index is 13.5. The van der Waals surface area contributed by atoms with Crippen LogP contribution >= 0.6 is 11.8 Å². The lowest BCUT2D eigenvalue weighted by Crippen LogP contribution is -2.42. The summed E-state index contributed by atoms with van der Waals surface area (Å²) in [5, 5.41) is 20.7. The van der Waals surface area contributed by atoms with Gasteiger partial charge in [0.1, 0.15) is 15.9 Å². The van der Waals surface area contributed by atoms with Gasteiger partial charge in [0.2, 0.25) is 0 Å². The lowest BCUT2D eigenvalue weighted by molar-refractivity contribution is -0.141. The molecule has 12 heteroatoms. The molecule has 1 aliphatic carbocycles. The number of alkyl halides is 1. The quantitative estimate of drug-likeness (QED) is 0.119. The smallest absolute Gasteiger partial charge is 0.326 e. The van der Waals surface area contributed by atoms with Crippen LogP contribution in [0, 0.1) is 18.8 Å². The molecule has 1 aliphatic heterocycles. The summed E-state index contributed by atoms with van der Waals surface area (Å²) in [4.78, 5) is 38.3. The van der Waals surface area contributed by atoms with Crippen LogP contribution < -0.4 is 5.32 Å². The number of carboxylic acids is 2. The largest absolute Gasteiger partial charge is 0.481 e. The van der Waals surface area contributed by atoms with Gasteiger partial charge in [0.25, 0.3) is 5.91 Å². The van der Waals surface area contributed by atoms with Crippen LogP contribution in [0.4, 0.5) is 4.39 Å². The minimum atomic E-state index is -3.37. The van der Waals surface area contributed by atoms with Gasteiger partial charge in [0.05, 0.1) is 17.8 Å². The molecule has 0 radical (unpaired) electrons. The fourth-order valence-electron chi connectivity index (χ4n) is 7.93. The van der Waals surface area contributed by atoms with Gasteiger partial charge in [-0.05, 0) is 111 Å². The molecule has 1 saturated carbocycles. The number of hydrogen-bond acceptors (Lipinski definition) is 7. The van der Waals surface area contributed by atoms with Crippen LogP contribution in [-0.2, 0) is 26.0 Å². The number of thioether (sulfide) groups is 1. The van der Waals surface area contributed by atoms with E-state index in [0.717, 1.165) is 72.4 Å². The summed E-state index contributed by atoms with van der Waals surface area (Å²) in [7, 11) is -3.37. The van der Waals surface area contributed by atoms with Crippen LogP contribution in [0.2, 0.25) is 0 Å². The summed E-state index contributed by atoms with van der Waals surface area (Å²) in [5.41, 5.74) is 4.26. The van der Waals surface area contributed by atoms with E-state index in [-0.39, 0.29) is 18.1 Å². The first-order chi connectivity index (χ1) is 27.5. The average Bonchev–Trinajstić information content (AvgIpc) is 3.55. The van der Waals surface area contributed by atoms with Gasteiger partial charge in [-0.2, -0.15) is 11.8 Å². The molecule has 58 heavy (non-hydrogen) atoms. The molecule has 1 saturated heterocycles. The normalized spacial score (nSPS) is 18.8. The number of hydrogen-bond donors (Lipinski definition) is 3. The van der Waals surface area contributed by atoms with Gasteiger partial charge >= 0.3 is 11.9 Å². The standard InChI is InChI=1S/C34H48N2O5S.C6H13F.C6H12O2S/c1-4-10-27-16-17-28(21-25-12-6-5-7-13-25)36(27)23-26-15-18-30(31(22-26)29-14-9-8-11-24(29)2)33(37)35-32(34(38)39)19-20-42(3,40)41;1-3-5-6(7)4-2;1-5(6(7)8)3-4-9-2/h8-9,11,14-15,18,22,25,27-28,32H,4-7,10,12-13,16-17,19-21,23H2,1-3H3,(H,35,37)(H,38,39);6H,3-5H2,1-2H3;5H,3-4H2,1-2H3,(H,7,8). The van der Waals surface area contributed by atoms with Crippen LogP contribution in [0.15, 0.2) is 42.5 Å². The van der Waals surface area contributed by atoms with Crippen molar-refractivity contribution in [2.24, 2.45) is 11.8 Å². The van der Waals surface area contributed by atoms with Gasteiger partial charge < -0.3 is 15.5 Å². The van der Waals surface area contributed by atoms with Crippen LogP contribution in [0.5, 0.6) is 0 Å². The fourth-order valence-corrected chi connectivity index (χ4v) is 9.19. The Labute approximate surface area is 353 Å². The van der Waals surface area contributed by atoms with E-state index in [0.29, 0.717) is 24.1 Å². The molecule has 2 aromatic rings. The first kappa shape index (κ1) is 51.2. The lowest BCUT2D eigenvalue weighted by Gasteiger charge is -2.34. The molecule has 5 atom stereocenters. The predicted octanol–water partition coefficient (Wildman–Crippen LogP) is 10.4. The third kappa shape index (κ3) is 18.5. The van der Waals surface area contributed by atoms with Crippen molar-refractivity contribution in [2.75, 3.05) is 24.0 Å². The van der Waals surface area contributed by atoms with Gasteiger partial charge in [0.15, 0.2) is 0 Å². The highest BCUT2D eigenvalue weighted by molar-refractivity contribution is 7.98. The number of carbonyl (C=O) groups is 3. The van der Waals surface area contributed by atoms with E-state index in [4.69, 9.17) is 5.11 Å². The van der Waals surface area contributed by atoms with Crippen molar-refractivity contribution in [2.45, 2.75) is 162 Å². The Hall–Kier alpha value is -2.96. The first-order valence-corrected chi connectivity index (χ1v) is 25.0. The van der Waals surface area contributed by atoms with Crippen LogP contribution in [0.25, 0.3) is 11.1 Å². The summed E-state index contributed by atoms with van der Waals surface area (Å²) in [6, 6.07) is 13.7. The predicted molar refractivity (Wildman–Crippen MR) is 238 cm³/mol. The lowest BCUT2D eigenvalue weighted by atomic mass is 9.84. The molecule has 4 rings (SSSR count). The summed E-state index contributed by atoms with van der Waals surface area (Å²) >= 11 is 1.68. The van der Waals surface area contributed by atoms with Crippen LogP contribution in [0.3, 0.4) is 0 Å². The number of nitrogens with zero attached hydrogens (tertiary/aromatic N) is 1. The molecule has 328 valence electrons. The number of aliphatic carboxylic acids is 2. The number of sulfone groups is 1. The van der Waals surface area contributed by atoms with Crippen LogP contribution in [-0.4, -0.2) is 89.7 Å². The second-order valence-corrected chi connectivity index (χ2v) is 19.6. The number of aryl methyl sites for hydroxylation is 1. The number of nitrogens with one attached hydrogen (secondary N) is 1. The molecule has 3 N–H and O–H groups in total. The molecule has 0 spiro atoms. The van der Waals surface area contributed by atoms with E-state index in [1.165, 1.54) is 57.8 Å². The molecule has 5 unspecified atom stereocenters. The van der Waals surface area contributed by atoms with Gasteiger partial charge in [-0.1, -0.05) is 103 Å². The summed E-state index contributed by atoms with van der Waals surface area (Å²) in [6.07, 6.45) is 18.4. The monoisotopic (exact) mass is 848 g/mol. The molecule has 2 aromatic carbocycles. The Kier molecular flexibility index (Phi) is 23.8. The Morgan fingerprint density at radius 1 is 0.897 bits per heavy atom. The van der Waals surface area contributed by atoms with Gasteiger partial charge in [0, 0.05) is 30.4 Å².